The van der Waals surface area contributed by atoms with E-state index in [9.17, 15) is 4.39 Å². The molecule has 3 rings (SSSR count). The van der Waals surface area contributed by atoms with Gasteiger partial charge in [-0.2, -0.15) is 10.2 Å². The Morgan fingerprint density at radius 2 is 1.75 bits per heavy atom. The third-order valence-corrected chi connectivity index (χ3v) is 2.97. The van der Waals surface area contributed by atoms with Gasteiger partial charge in [-0.05, 0) is 35.9 Å². The lowest BCUT2D eigenvalue weighted by Gasteiger charge is -2.14. The Labute approximate surface area is 115 Å². The zero-order valence-electron chi connectivity index (χ0n) is 10.7. The predicted molar refractivity (Wildman–Crippen MR) is 74.3 cm³/mol. The van der Waals surface area contributed by atoms with E-state index >= 15 is 0 Å². The van der Waals surface area contributed by atoms with Gasteiger partial charge in [-0.3, -0.25) is 4.68 Å². The maximum atomic E-state index is 13.0. The summed E-state index contributed by atoms with van der Waals surface area (Å²) in [6.45, 7) is 0. The quantitative estimate of drug-likeness (QED) is 0.729. The van der Waals surface area contributed by atoms with E-state index < -0.39 is 0 Å². The summed E-state index contributed by atoms with van der Waals surface area (Å²) in [5.41, 5.74) is 0.957. The topological polar surface area (TPSA) is 35.6 Å². The molecule has 0 spiro atoms. The second-order valence-electron chi connectivity index (χ2n) is 4.31. The van der Waals surface area contributed by atoms with Crippen LogP contribution in [-0.4, -0.2) is 19.6 Å². The minimum atomic E-state index is -0.246. The number of allylic oxidation sites excluding steroid dienone is 1. The van der Waals surface area contributed by atoms with Crippen molar-refractivity contribution < 1.29 is 4.39 Å². The van der Waals surface area contributed by atoms with Crippen LogP contribution in [0.5, 0.6) is 0 Å². The molecular weight excluding hydrogens is 255 g/mol. The predicted octanol–water partition coefficient (Wildman–Crippen LogP) is 2.98. The summed E-state index contributed by atoms with van der Waals surface area (Å²) in [4.78, 5) is 0. The van der Waals surface area contributed by atoms with Crippen molar-refractivity contribution in [3.05, 3.63) is 78.6 Å². The molecule has 5 heteroatoms. The average Bonchev–Trinajstić information content (AvgIpc) is 3.14. The molecule has 0 aliphatic heterocycles. The first-order chi connectivity index (χ1) is 9.83. The molecule has 2 heterocycles. The van der Waals surface area contributed by atoms with Gasteiger partial charge in [-0.25, -0.2) is 9.07 Å². The molecular formula is C15H13FN4. The van der Waals surface area contributed by atoms with Gasteiger partial charge < -0.3 is 0 Å². The second-order valence-corrected chi connectivity index (χ2v) is 4.31. The van der Waals surface area contributed by atoms with Gasteiger partial charge in [0.15, 0.2) is 0 Å². The highest BCUT2D eigenvalue weighted by atomic mass is 19.1. The SMILES string of the molecule is Fc1ccc(C(/C=C/n2cccn2)n2cccn2)cc1. The lowest BCUT2D eigenvalue weighted by Crippen LogP contribution is -2.09. The van der Waals surface area contributed by atoms with Crippen molar-refractivity contribution in [2.75, 3.05) is 0 Å². The summed E-state index contributed by atoms with van der Waals surface area (Å²) < 4.78 is 16.6. The number of aromatic nitrogens is 4. The minimum absolute atomic E-state index is 0.102. The van der Waals surface area contributed by atoms with Gasteiger partial charge in [-0.1, -0.05) is 12.1 Å². The minimum Gasteiger partial charge on any atom is -0.261 e. The smallest absolute Gasteiger partial charge is 0.123 e. The Balaban J connectivity index is 1.94. The van der Waals surface area contributed by atoms with Gasteiger partial charge in [0, 0.05) is 31.0 Å². The Kier molecular flexibility index (Phi) is 3.41. The number of benzene rings is 1. The van der Waals surface area contributed by atoms with Crippen molar-refractivity contribution in [2.45, 2.75) is 6.04 Å². The third kappa shape index (κ3) is 2.66. The summed E-state index contributed by atoms with van der Waals surface area (Å²) >= 11 is 0. The van der Waals surface area contributed by atoms with Gasteiger partial charge in [-0.15, -0.1) is 0 Å². The molecule has 0 aliphatic carbocycles. The van der Waals surface area contributed by atoms with E-state index in [1.165, 1.54) is 12.1 Å². The van der Waals surface area contributed by atoms with Crippen LogP contribution in [0.4, 0.5) is 4.39 Å². The van der Waals surface area contributed by atoms with Crippen LogP contribution in [0.25, 0.3) is 6.20 Å². The highest BCUT2D eigenvalue weighted by Crippen LogP contribution is 2.19. The van der Waals surface area contributed by atoms with Crippen LogP contribution in [0.2, 0.25) is 0 Å². The molecule has 4 nitrogen and oxygen atoms in total. The van der Waals surface area contributed by atoms with Crippen molar-refractivity contribution in [3.8, 4) is 0 Å². The maximum Gasteiger partial charge on any atom is 0.123 e. The fourth-order valence-electron chi connectivity index (χ4n) is 2.00. The van der Waals surface area contributed by atoms with E-state index in [0.717, 1.165) is 5.56 Å². The maximum absolute atomic E-state index is 13.0. The summed E-state index contributed by atoms with van der Waals surface area (Å²) in [5.74, 6) is -0.246. The van der Waals surface area contributed by atoms with Gasteiger partial charge in [0.25, 0.3) is 0 Å². The zero-order chi connectivity index (χ0) is 13.8. The summed E-state index contributed by atoms with van der Waals surface area (Å²) in [6, 6.07) is 10.0. The molecule has 20 heavy (non-hydrogen) atoms. The largest absolute Gasteiger partial charge is 0.261 e. The molecule has 1 atom stereocenters. The summed E-state index contributed by atoms with van der Waals surface area (Å²) in [7, 11) is 0. The molecule has 1 unspecified atom stereocenters. The van der Waals surface area contributed by atoms with Crippen LogP contribution >= 0.6 is 0 Å². The van der Waals surface area contributed by atoms with Crippen LogP contribution < -0.4 is 0 Å². The molecule has 0 bridgehead atoms. The van der Waals surface area contributed by atoms with Crippen LogP contribution in [0.15, 0.2) is 67.3 Å². The molecule has 0 amide bonds. The molecule has 0 fully saturated rings. The number of hydrogen-bond donors (Lipinski definition) is 0. The zero-order valence-corrected chi connectivity index (χ0v) is 10.7. The number of halogens is 1. The van der Waals surface area contributed by atoms with Crippen LogP contribution in [-0.2, 0) is 0 Å². The molecule has 0 saturated heterocycles. The van der Waals surface area contributed by atoms with E-state index in [2.05, 4.69) is 10.2 Å². The van der Waals surface area contributed by atoms with Crippen molar-refractivity contribution in [1.82, 2.24) is 19.6 Å². The van der Waals surface area contributed by atoms with E-state index in [4.69, 9.17) is 0 Å². The molecule has 0 aliphatic rings. The number of nitrogens with zero attached hydrogens (tertiary/aromatic N) is 4. The van der Waals surface area contributed by atoms with E-state index in [1.807, 2.05) is 41.5 Å². The Hall–Kier alpha value is -2.69. The van der Waals surface area contributed by atoms with Crippen molar-refractivity contribution in [3.63, 3.8) is 0 Å². The van der Waals surface area contributed by atoms with Crippen molar-refractivity contribution in [1.29, 1.82) is 0 Å². The van der Waals surface area contributed by atoms with Crippen LogP contribution in [0, 0.1) is 5.82 Å². The van der Waals surface area contributed by atoms with E-state index in [-0.39, 0.29) is 11.9 Å². The van der Waals surface area contributed by atoms with E-state index in [1.54, 1.807) is 29.2 Å². The van der Waals surface area contributed by atoms with Crippen molar-refractivity contribution in [2.24, 2.45) is 0 Å². The first-order valence-corrected chi connectivity index (χ1v) is 6.25. The van der Waals surface area contributed by atoms with E-state index in [0.29, 0.717) is 0 Å². The Morgan fingerprint density at radius 1 is 1.00 bits per heavy atom. The lowest BCUT2D eigenvalue weighted by atomic mass is 10.1. The second kappa shape index (κ2) is 5.52. The van der Waals surface area contributed by atoms with Gasteiger partial charge >= 0.3 is 0 Å². The molecule has 2 aromatic heterocycles. The fourth-order valence-corrected chi connectivity index (χ4v) is 2.00. The first kappa shape index (κ1) is 12.3. The van der Waals surface area contributed by atoms with Gasteiger partial charge in [0.2, 0.25) is 0 Å². The van der Waals surface area contributed by atoms with Crippen LogP contribution in [0.1, 0.15) is 11.6 Å². The third-order valence-electron chi connectivity index (χ3n) is 2.97. The van der Waals surface area contributed by atoms with Crippen molar-refractivity contribution >= 4 is 6.20 Å². The standard InChI is InChI=1S/C15H13FN4/c16-14-5-3-13(4-6-14)15(20-11-2-9-18-20)7-12-19-10-1-8-17-19/h1-12,15H/b12-7+. The van der Waals surface area contributed by atoms with Crippen LogP contribution in [0.3, 0.4) is 0 Å². The highest BCUT2D eigenvalue weighted by Gasteiger charge is 2.10. The number of hydrogen-bond acceptors (Lipinski definition) is 2. The lowest BCUT2D eigenvalue weighted by molar-refractivity contribution is 0.602. The molecule has 100 valence electrons. The first-order valence-electron chi connectivity index (χ1n) is 6.25. The number of rotatable bonds is 4. The van der Waals surface area contributed by atoms with Gasteiger partial charge in [0.05, 0.1) is 6.04 Å². The fraction of sp³-hybridized carbons (Fsp3) is 0.0667. The normalized spacial score (nSPS) is 12.8. The average molecular weight is 268 g/mol. The highest BCUT2D eigenvalue weighted by molar-refractivity contribution is 5.31. The Bertz CT molecular complexity index is 669. The molecule has 0 radical (unpaired) electrons. The Morgan fingerprint density at radius 3 is 2.40 bits per heavy atom. The molecule has 0 saturated carbocycles. The molecule has 3 aromatic rings. The molecule has 1 aromatic carbocycles. The summed E-state index contributed by atoms with van der Waals surface area (Å²) in [5, 5.41) is 8.37. The monoisotopic (exact) mass is 268 g/mol. The summed E-state index contributed by atoms with van der Waals surface area (Å²) in [6.07, 6.45) is 11.0. The van der Waals surface area contributed by atoms with Gasteiger partial charge in [0.1, 0.15) is 5.82 Å². The molecule has 0 N–H and O–H groups in total.